The van der Waals surface area contributed by atoms with Crippen LogP contribution >= 0.6 is 11.3 Å². The molecule has 0 spiro atoms. The average Bonchev–Trinajstić information content (AvgIpc) is 3.12. The minimum atomic E-state index is -0.0665. The van der Waals surface area contributed by atoms with E-state index < -0.39 is 0 Å². The molecule has 3 aromatic rings. The lowest BCUT2D eigenvalue weighted by molar-refractivity contribution is 0.0733. The van der Waals surface area contributed by atoms with Crippen molar-refractivity contribution in [3.63, 3.8) is 0 Å². The van der Waals surface area contributed by atoms with Crippen LogP contribution in [0.4, 0.5) is 0 Å². The summed E-state index contributed by atoms with van der Waals surface area (Å²) in [4.78, 5) is 32.2. The normalized spacial score (nSPS) is 15.0. The maximum Gasteiger partial charge on any atom is 0.257 e. The first-order valence-corrected chi connectivity index (χ1v) is 11.7. The van der Waals surface area contributed by atoms with Crippen LogP contribution in [0.3, 0.4) is 0 Å². The summed E-state index contributed by atoms with van der Waals surface area (Å²) in [5.74, 6) is 0.567. The molecular formula is C26H28N2O3S. The van der Waals surface area contributed by atoms with E-state index in [1.807, 2.05) is 61.2 Å². The monoisotopic (exact) mass is 448 g/mol. The standard InChI is InChI=1S/C26H28N2O3S/c1-18-14-23(19(2)32-18)26(30)28-12-7-13-31-24-11-5-4-10-22(24)25(29)27(3)16-20-8-6-9-21(15-20)17-28/h4-6,8-11,14-15H,7,12-13,16-17H2,1-3H3. The lowest BCUT2D eigenvalue weighted by atomic mass is 10.1. The highest BCUT2D eigenvalue weighted by molar-refractivity contribution is 7.12. The first-order valence-electron chi connectivity index (χ1n) is 10.8. The third-order valence-corrected chi connectivity index (χ3v) is 6.60. The van der Waals surface area contributed by atoms with E-state index in [1.54, 1.807) is 29.4 Å². The van der Waals surface area contributed by atoms with E-state index >= 15 is 0 Å². The fraction of sp³-hybridized carbons (Fsp3) is 0.308. The van der Waals surface area contributed by atoms with Crippen LogP contribution in [-0.2, 0) is 13.1 Å². The van der Waals surface area contributed by atoms with E-state index in [9.17, 15) is 9.59 Å². The minimum absolute atomic E-state index is 0.0528. The molecule has 2 amide bonds. The molecule has 4 rings (SSSR count). The van der Waals surface area contributed by atoms with Crippen LogP contribution in [0, 0.1) is 13.8 Å². The summed E-state index contributed by atoms with van der Waals surface area (Å²) >= 11 is 1.65. The second-order valence-corrected chi connectivity index (χ2v) is 9.69. The molecule has 0 fully saturated rings. The SMILES string of the molecule is Cc1cc(C(=O)N2CCCOc3ccccc3C(=O)N(C)Cc3cccc(c3)C2)c(C)s1. The Morgan fingerprint density at radius 3 is 2.50 bits per heavy atom. The van der Waals surface area contributed by atoms with Gasteiger partial charge in [0.25, 0.3) is 11.8 Å². The highest BCUT2D eigenvalue weighted by Gasteiger charge is 2.21. The maximum absolute atomic E-state index is 13.4. The molecule has 166 valence electrons. The summed E-state index contributed by atoms with van der Waals surface area (Å²) in [6.07, 6.45) is 0.673. The smallest absolute Gasteiger partial charge is 0.257 e. The van der Waals surface area contributed by atoms with Crippen LogP contribution in [-0.4, -0.2) is 41.8 Å². The zero-order valence-corrected chi connectivity index (χ0v) is 19.6. The largest absolute Gasteiger partial charge is 0.493 e. The van der Waals surface area contributed by atoms with Crippen molar-refractivity contribution in [3.05, 3.63) is 86.6 Å². The van der Waals surface area contributed by atoms with Crippen molar-refractivity contribution in [1.29, 1.82) is 0 Å². The van der Waals surface area contributed by atoms with Crippen LogP contribution in [0.25, 0.3) is 0 Å². The van der Waals surface area contributed by atoms with E-state index in [-0.39, 0.29) is 11.8 Å². The zero-order chi connectivity index (χ0) is 22.7. The van der Waals surface area contributed by atoms with Gasteiger partial charge in [-0.3, -0.25) is 9.59 Å². The van der Waals surface area contributed by atoms with Crippen molar-refractivity contribution < 1.29 is 14.3 Å². The number of hydrogen-bond acceptors (Lipinski definition) is 4. The molecule has 32 heavy (non-hydrogen) atoms. The van der Waals surface area contributed by atoms with Crippen molar-refractivity contribution in [3.8, 4) is 5.75 Å². The van der Waals surface area contributed by atoms with Gasteiger partial charge >= 0.3 is 0 Å². The van der Waals surface area contributed by atoms with E-state index in [4.69, 9.17) is 4.74 Å². The van der Waals surface area contributed by atoms with Crippen LogP contribution < -0.4 is 4.74 Å². The summed E-state index contributed by atoms with van der Waals surface area (Å²) < 4.78 is 5.98. The van der Waals surface area contributed by atoms with Gasteiger partial charge in [-0.2, -0.15) is 0 Å². The fourth-order valence-corrected chi connectivity index (χ4v) is 4.99. The van der Waals surface area contributed by atoms with E-state index in [0.29, 0.717) is 44.0 Å². The summed E-state index contributed by atoms with van der Waals surface area (Å²) in [6.45, 7) is 6.05. The molecule has 1 aromatic heterocycles. The third kappa shape index (κ3) is 4.86. The molecule has 0 saturated heterocycles. The molecule has 2 bridgehead atoms. The predicted octanol–water partition coefficient (Wildman–Crippen LogP) is 5.06. The number of rotatable bonds is 1. The first kappa shape index (κ1) is 22.1. The number of carbonyl (C=O) groups is 2. The van der Waals surface area contributed by atoms with Crippen LogP contribution in [0.5, 0.6) is 5.75 Å². The van der Waals surface area contributed by atoms with Gasteiger partial charge in [0.2, 0.25) is 0 Å². The number of thiophene rings is 1. The number of amides is 2. The number of para-hydroxylation sites is 1. The Hall–Kier alpha value is -3.12. The molecule has 0 unspecified atom stereocenters. The zero-order valence-electron chi connectivity index (χ0n) is 18.8. The second kappa shape index (κ2) is 9.57. The van der Waals surface area contributed by atoms with Gasteiger partial charge in [-0.1, -0.05) is 36.4 Å². The molecule has 0 N–H and O–H groups in total. The Kier molecular flexibility index (Phi) is 6.61. The lowest BCUT2D eigenvalue weighted by Crippen LogP contribution is -2.33. The van der Waals surface area contributed by atoms with Crippen LogP contribution in [0.15, 0.2) is 54.6 Å². The Morgan fingerprint density at radius 2 is 1.75 bits per heavy atom. The summed E-state index contributed by atoms with van der Waals surface area (Å²) in [7, 11) is 1.80. The molecule has 0 radical (unpaired) electrons. The molecule has 2 aromatic carbocycles. The molecule has 1 aliphatic heterocycles. The van der Waals surface area contributed by atoms with Gasteiger partial charge in [-0.15, -0.1) is 11.3 Å². The van der Waals surface area contributed by atoms with Gasteiger partial charge in [0.15, 0.2) is 0 Å². The van der Waals surface area contributed by atoms with Crippen molar-refractivity contribution in [2.75, 3.05) is 20.2 Å². The molecule has 6 heteroatoms. The summed E-state index contributed by atoms with van der Waals surface area (Å²) in [5, 5.41) is 0. The Bertz CT molecular complexity index is 1140. The van der Waals surface area contributed by atoms with Gasteiger partial charge in [-0.05, 0) is 49.6 Å². The number of hydrogen-bond donors (Lipinski definition) is 0. The second-order valence-electron chi connectivity index (χ2n) is 8.23. The number of nitrogens with zero attached hydrogens (tertiary/aromatic N) is 2. The maximum atomic E-state index is 13.4. The molecule has 0 atom stereocenters. The Morgan fingerprint density at radius 1 is 1.00 bits per heavy atom. The average molecular weight is 449 g/mol. The van der Waals surface area contributed by atoms with Gasteiger partial charge in [0.05, 0.1) is 17.7 Å². The van der Waals surface area contributed by atoms with Crippen LogP contribution in [0.2, 0.25) is 0 Å². The molecule has 5 nitrogen and oxygen atoms in total. The fourth-order valence-electron chi connectivity index (χ4n) is 4.07. The quantitative estimate of drug-likeness (QED) is 0.523. The molecule has 0 saturated carbocycles. The number of ether oxygens (including phenoxy) is 1. The number of aryl methyl sites for hydroxylation is 2. The number of carbonyl (C=O) groups excluding carboxylic acids is 2. The minimum Gasteiger partial charge on any atom is -0.493 e. The number of benzene rings is 2. The van der Waals surface area contributed by atoms with E-state index in [0.717, 1.165) is 26.4 Å². The van der Waals surface area contributed by atoms with Gasteiger partial charge < -0.3 is 14.5 Å². The highest BCUT2D eigenvalue weighted by atomic mass is 32.1. The Balaban J connectivity index is 1.66. The number of fused-ring (bicyclic) bond motifs is 3. The van der Waals surface area contributed by atoms with Gasteiger partial charge in [0, 0.05) is 36.4 Å². The highest BCUT2D eigenvalue weighted by Crippen LogP contribution is 2.24. The molecule has 1 aliphatic rings. The lowest BCUT2D eigenvalue weighted by Gasteiger charge is -2.25. The van der Waals surface area contributed by atoms with Crippen molar-refractivity contribution >= 4 is 23.2 Å². The van der Waals surface area contributed by atoms with Crippen molar-refractivity contribution in [1.82, 2.24) is 9.80 Å². The predicted molar refractivity (Wildman–Crippen MR) is 127 cm³/mol. The summed E-state index contributed by atoms with van der Waals surface area (Å²) in [5.41, 5.74) is 3.42. The van der Waals surface area contributed by atoms with E-state index in [2.05, 4.69) is 6.07 Å². The molecular weight excluding hydrogens is 420 g/mol. The molecule has 0 aliphatic carbocycles. The van der Waals surface area contributed by atoms with Crippen molar-refractivity contribution in [2.24, 2.45) is 0 Å². The molecule has 2 heterocycles. The van der Waals surface area contributed by atoms with Crippen LogP contribution in [0.1, 0.15) is 48.0 Å². The Labute approximate surface area is 193 Å². The van der Waals surface area contributed by atoms with Crippen molar-refractivity contribution in [2.45, 2.75) is 33.4 Å². The summed E-state index contributed by atoms with van der Waals surface area (Å²) in [6, 6.07) is 17.5. The first-order chi connectivity index (χ1) is 15.4. The van der Waals surface area contributed by atoms with E-state index in [1.165, 1.54) is 0 Å². The van der Waals surface area contributed by atoms with Gasteiger partial charge in [-0.25, -0.2) is 0 Å². The third-order valence-electron chi connectivity index (χ3n) is 5.64. The van der Waals surface area contributed by atoms with Gasteiger partial charge in [0.1, 0.15) is 5.75 Å². The topological polar surface area (TPSA) is 49.9 Å².